The molecule has 1 fully saturated rings. The van der Waals surface area contributed by atoms with Gasteiger partial charge in [0.1, 0.15) is 5.71 Å². The van der Waals surface area contributed by atoms with E-state index in [1.54, 1.807) is 6.92 Å². The minimum absolute atomic E-state index is 0.0302. The zero-order valence-electron chi connectivity index (χ0n) is 24.7. The molecule has 2 heterocycles. The van der Waals surface area contributed by atoms with Gasteiger partial charge < -0.3 is 25.6 Å². The molecule has 2 aromatic rings. The van der Waals surface area contributed by atoms with Gasteiger partial charge >= 0.3 is 12.5 Å². The Labute approximate surface area is 256 Å². The zero-order chi connectivity index (χ0) is 32.9. The molecule has 0 aromatic heterocycles. The maximum absolute atomic E-state index is 14.0. The number of dihydropyridines is 1. The molecule has 4 N–H and O–H groups in total. The standard InChI is InChI=1S/C31H32F6N6O2/c1-19-20(8-10-26(38)24-5-4-6-27(28(24)39-2)45-31(35,36)37)15-22(17-40-19)29(44)41-23-9-7-21(25(16-23)30(32,33)34)18-43-13-11-42(3)12-14-43/h4-7,9,15-17,19,38-40H,11-14,18H2,1-3H3,(H,41,44). The third kappa shape index (κ3) is 8.80. The fourth-order valence-electron chi connectivity index (χ4n) is 4.83. The van der Waals surface area contributed by atoms with E-state index in [1.807, 2.05) is 11.9 Å². The van der Waals surface area contributed by atoms with Crippen LogP contribution in [0.5, 0.6) is 5.75 Å². The number of amides is 1. The van der Waals surface area contributed by atoms with Crippen LogP contribution in [0.2, 0.25) is 0 Å². The highest BCUT2D eigenvalue weighted by Crippen LogP contribution is 2.35. The van der Waals surface area contributed by atoms with Crippen molar-refractivity contribution in [3.05, 3.63) is 76.5 Å². The molecule has 1 amide bonds. The number of carbonyl (C=O) groups excluding carboxylic acids is 1. The lowest BCUT2D eigenvalue weighted by Gasteiger charge is -2.33. The lowest BCUT2D eigenvalue weighted by molar-refractivity contribution is -0.274. The quantitative estimate of drug-likeness (QED) is 0.190. The van der Waals surface area contributed by atoms with Crippen LogP contribution in [-0.4, -0.2) is 74.1 Å². The highest BCUT2D eigenvalue weighted by molar-refractivity contribution is 6.15. The van der Waals surface area contributed by atoms with E-state index in [4.69, 9.17) is 5.41 Å². The molecule has 1 unspecified atom stereocenters. The Morgan fingerprint density at radius 1 is 1.11 bits per heavy atom. The first kappa shape index (κ1) is 33.4. The Morgan fingerprint density at radius 3 is 2.47 bits per heavy atom. The lowest BCUT2D eigenvalue weighted by atomic mass is 10.0. The maximum Gasteiger partial charge on any atom is 0.573 e. The predicted molar refractivity (Wildman–Crippen MR) is 159 cm³/mol. The van der Waals surface area contributed by atoms with Crippen LogP contribution >= 0.6 is 0 Å². The van der Waals surface area contributed by atoms with Gasteiger partial charge in [-0.05, 0) is 55.8 Å². The molecule has 2 aromatic carbocycles. The first-order valence-corrected chi connectivity index (χ1v) is 13.9. The van der Waals surface area contributed by atoms with Gasteiger partial charge in [-0.1, -0.05) is 18.1 Å². The number of rotatable bonds is 7. The average Bonchev–Trinajstić information content (AvgIpc) is 2.97. The van der Waals surface area contributed by atoms with Crippen molar-refractivity contribution < 1.29 is 35.9 Å². The van der Waals surface area contributed by atoms with E-state index in [2.05, 4.69) is 37.4 Å². The molecule has 240 valence electrons. The van der Waals surface area contributed by atoms with Gasteiger partial charge in [0.2, 0.25) is 0 Å². The molecule has 2 aliphatic rings. The van der Waals surface area contributed by atoms with Crippen molar-refractivity contribution in [1.82, 2.24) is 15.1 Å². The molecule has 14 heteroatoms. The van der Waals surface area contributed by atoms with Crippen LogP contribution in [0.3, 0.4) is 0 Å². The molecular formula is C31H32F6N6O2. The summed E-state index contributed by atoms with van der Waals surface area (Å²) in [5.41, 5.74) is -0.604. The van der Waals surface area contributed by atoms with E-state index in [1.165, 1.54) is 43.6 Å². The van der Waals surface area contributed by atoms with E-state index in [-0.39, 0.29) is 40.3 Å². The summed E-state index contributed by atoms with van der Waals surface area (Å²) in [5.74, 6) is 4.16. The third-order valence-electron chi connectivity index (χ3n) is 7.29. The zero-order valence-corrected chi connectivity index (χ0v) is 24.7. The minimum atomic E-state index is -4.93. The van der Waals surface area contributed by atoms with Crippen LogP contribution in [0, 0.1) is 17.3 Å². The Bertz CT molecular complexity index is 1560. The summed E-state index contributed by atoms with van der Waals surface area (Å²) in [6, 6.07) is 7.15. The Kier molecular flexibility index (Phi) is 10.1. The van der Waals surface area contributed by atoms with Gasteiger partial charge in [-0.25, -0.2) is 0 Å². The van der Waals surface area contributed by atoms with Gasteiger partial charge in [-0.15, -0.1) is 13.2 Å². The highest BCUT2D eigenvalue weighted by Gasteiger charge is 2.35. The fraction of sp³-hybridized carbons (Fsp3) is 0.355. The van der Waals surface area contributed by atoms with Gasteiger partial charge in [-0.2, -0.15) is 13.2 Å². The molecule has 0 bridgehead atoms. The minimum Gasteiger partial charge on any atom is -0.404 e. The predicted octanol–water partition coefficient (Wildman–Crippen LogP) is 5.21. The summed E-state index contributed by atoms with van der Waals surface area (Å²) >= 11 is 0. The molecule has 1 saturated heterocycles. The summed E-state index contributed by atoms with van der Waals surface area (Å²) in [6.07, 6.45) is -6.72. The van der Waals surface area contributed by atoms with E-state index in [0.717, 1.165) is 25.2 Å². The lowest BCUT2D eigenvalue weighted by Crippen LogP contribution is -2.44. The van der Waals surface area contributed by atoms with E-state index >= 15 is 0 Å². The summed E-state index contributed by atoms with van der Waals surface area (Å²) in [5, 5.41) is 16.4. The van der Waals surface area contributed by atoms with Crippen molar-refractivity contribution in [2.45, 2.75) is 32.0 Å². The summed E-state index contributed by atoms with van der Waals surface area (Å²) in [6.45, 7) is 4.70. The number of para-hydroxylation sites is 1. The van der Waals surface area contributed by atoms with Crippen LogP contribution in [0.4, 0.5) is 37.7 Å². The van der Waals surface area contributed by atoms with Crippen LogP contribution in [-0.2, 0) is 17.5 Å². The van der Waals surface area contributed by atoms with Crippen LogP contribution in [0.1, 0.15) is 23.6 Å². The van der Waals surface area contributed by atoms with E-state index in [9.17, 15) is 31.1 Å². The average molecular weight is 635 g/mol. The number of carbonyl (C=O) groups is 1. The number of halogens is 6. The summed E-state index contributed by atoms with van der Waals surface area (Å²) in [4.78, 5) is 17.1. The number of ether oxygens (including phenoxy) is 1. The van der Waals surface area contributed by atoms with E-state index < -0.39 is 35.8 Å². The van der Waals surface area contributed by atoms with Gasteiger partial charge in [0, 0.05) is 62.8 Å². The number of benzene rings is 2. The molecule has 45 heavy (non-hydrogen) atoms. The van der Waals surface area contributed by atoms with Crippen molar-refractivity contribution in [2.24, 2.45) is 0 Å². The van der Waals surface area contributed by atoms with Gasteiger partial charge in [0.15, 0.2) is 5.75 Å². The number of anilines is 2. The molecule has 0 aliphatic carbocycles. The Balaban J connectivity index is 1.51. The smallest absolute Gasteiger partial charge is 0.404 e. The number of nitrogens with one attached hydrogen (secondary N) is 4. The van der Waals surface area contributed by atoms with Crippen molar-refractivity contribution in [3.8, 4) is 17.6 Å². The van der Waals surface area contributed by atoms with E-state index in [0.29, 0.717) is 18.7 Å². The first-order chi connectivity index (χ1) is 21.1. The summed E-state index contributed by atoms with van der Waals surface area (Å²) < 4.78 is 84.4. The second kappa shape index (κ2) is 13.7. The number of alkyl halides is 6. The Morgan fingerprint density at radius 2 is 1.82 bits per heavy atom. The largest absolute Gasteiger partial charge is 0.573 e. The third-order valence-corrected chi connectivity index (χ3v) is 7.29. The number of hydrogen-bond acceptors (Lipinski definition) is 7. The van der Waals surface area contributed by atoms with Crippen molar-refractivity contribution in [2.75, 3.05) is 50.9 Å². The molecule has 0 spiro atoms. The SMILES string of the molecule is CNc1c(OC(F)(F)F)cccc1C(=N)C#CC1=CC(C(=O)Nc2ccc(CN3CCN(C)CC3)c(C(F)(F)F)c2)=CNC1C. The van der Waals surface area contributed by atoms with Crippen molar-refractivity contribution >= 4 is 23.0 Å². The number of hydrogen-bond donors (Lipinski definition) is 4. The fourth-order valence-corrected chi connectivity index (χ4v) is 4.83. The molecule has 8 nitrogen and oxygen atoms in total. The maximum atomic E-state index is 14.0. The number of nitrogens with zero attached hydrogens (tertiary/aromatic N) is 2. The van der Waals surface area contributed by atoms with Crippen LogP contribution in [0.15, 0.2) is 59.8 Å². The molecule has 4 rings (SSSR count). The Hall–Kier alpha value is -4.48. The normalized spacial score (nSPS) is 17.7. The molecular weight excluding hydrogens is 602 g/mol. The second-order valence-corrected chi connectivity index (χ2v) is 10.6. The van der Waals surface area contributed by atoms with Crippen LogP contribution < -0.4 is 20.7 Å². The molecule has 2 aliphatic heterocycles. The summed E-state index contributed by atoms with van der Waals surface area (Å²) in [7, 11) is 3.34. The first-order valence-electron chi connectivity index (χ1n) is 13.9. The molecule has 0 saturated carbocycles. The monoisotopic (exact) mass is 634 g/mol. The highest BCUT2D eigenvalue weighted by atomic mass is 19.4. The van der Waals surface area contributed by atoms with Crippen molar-refractivity contribution in [3.63, 3.8) is 0 Å². The van der Waals surface area contributed by atoms with Gasteiger partial charge in [0.05, 0.1) is 22.9 Å². The van der Waals surface area contributed by atoms with Gasteiger partial charge in [-0.3, -0.25) is 15.1 Å². The van der Waals surface area contributed by atoms with Gasteiger partial charge in [0.25, 0.3) is 5.91 Å². The number of likely N-dealkylation sites (N-methyl/N-ethyl adjacent to an activating group) is 1. The van der Waals surface area contributed by atoms with Crippen molar-refractivity contribution in [1.29, 1.82) is 5.41 Å². The topological polar surface area (TPSA) is 92.7 Å². The molecule has 0 radical (unpaired) electrons. The number of piperazine rings is 1. The van der Waals surface area contributed by atoms with Crippen LogP contribution in [0.25, 0.3) is 0 Å². The molecule has 1 atom stereocenters. The second-order valence-electron chi connectivity index (χ2n) is 10.6.